The molecule has 2 heteroatoms. The van der Waals surface area contributed by atoms with Crippen molar-refractivity contribution in [2.45, 2.75) is 52.6 Å². The van der Waals surface area contributed by atoms with E-state index in [9.17, 15) is 0 Å². The third-order valence-corrected chi connectivity index (χ3v) is 4.47. The molecule has 2 unspecified atom stereocenters. The van der Waals surface area contributed by atoms with Gasteiger partial charge in [0, 0.05) is 24.4 Å². The molecule has 0 saturated carbocycles. The molecule has 15 heavy (non-hydrogen) atoms. The van der Waals surface area contributed by atoms with Gasteiger partial charge >= 0.3 is 0 Å². The molecule has 1 saturated heterocycles. The van der Waals surface area contributed by atoms with E-state index in [1.807, 2.05) is 11.8 Å². The Hall–Kier alpha value is 0.310. The summed E-state index contributed by atoms with van der Waals surface area (Å²) in [5.41, 5.74) is 0. The molecule has 0 aromatic carbocycles. The van der Waals surface area contributed by atoms with E-state index < -0.39 is 0 Å². The molecule has 0 radical (unpaired) electrons. The molecule has 0 N–H and O–H groups in total. The van der Waals surface area contributed by atoms with Crippen molar-refractivity contribution in [3.63, 3.8) is 0 Å². The number of hydrogen-bond donors (Lipinski definition) is 0. The first-order valence-corrected chi connectivity index (χ1v) is 7.70. The van der Waals surface area contributed by atoms with Gasteiger partial charge in [-0.05, 0) is 44.8 Å². The maximum absolute atomic E-state index is 2.73. The quantitative estimate of drug-likeness (QED) is 0.726. The first-order chi connectivity index (χ1) is 7.06. The average molecular weight is 229 g/mol. The molecule has 2 atom stereocenters. The van der Waals surface area contributed by atoms with Gasteiger partial charge in [-0.15, -0.1) is 0 Å². The highest BCUT2D eigenvalue weighted by Crippen LogP contribution is 2.29. The standard InChI is InChI=1S/C13H27NS/c1-10(2)12-6-7-13(9-15-5)14(8-12)11(3)4/h10-13H,6-9H2,1-5H3. The fraction of sp³-hybridized carbons (Fsp3) is 1.00. The summed E-state index contributed by atoms with van der Waals surface area (Å²) in [6.45, 7) is 10.8. The topological polar surface area (TPSA) is 3.24 Å². The monoisotopic (exact) mass is 229 g/mol. The predicted octanol–water partition coefficient (Wildman–Crippen LogP) is 3.49. The van der Waals surface area contributed by atoms with E-state index in [1.54, 1.807) is 0 Å². The Bertz CT molecular complexity index is 179. The molecule has 0 spiro atoms. The zero-order valence-corrected chi connectivity index (χ0v) is 11.8. The third-order valence-electron chi connectivity index (χ3n) is 3.75. The second-order valence-corrected chi connectivity index (χ2v) is 6.39. The Morgan fingerprint density at radius 1 is 1.20 bits per heavy atom. The first kappa shape index (κ1) is 13.4. The summed E-state index contributed by atoms with van der Waals surface area (Å²) in [5.74, 6) is 3.08. The van der Waals surface area contributed by atoms with Gasteiger partial charge in [0.05, 0.1) is 0 Å². The second-order valence-electron chi connectivity index (χ2n) is 5.48. The largest absolute Gasteiger partial charge is 0.297 e. The number of piperidine rings is 1. The number of hydrogen-bond acceptors (Lipinski definition) is 2. The fourth-order valence-corrected chi connectivity index (χ4v) is 3.37. The smallest absolute Gasteiger partial charge is 0.0189 e. The van der Waals surface area contributed by atoms with Crippen LogP contribution in [0.1, 0.15) is 40.5 Å². The Labute approximate surface area is 100.0 Å². The molecule has 1 aliphatic rings. The van der Waals surface area contributed by atoms with Crippen molar-refractivity contribution in [1.82, 2.24) is 4.90 Å². The van der Waals surface area contributed by atoms with E-state index >= 15 is 0 Å². The van der Waals surface area contributed by atoms with Crippen molar-refractivity contribution in [2.75, 3.05) is 18.6 Å². The minimum Gasteiger partial charge on any atom is -0.297 e. The van der Waals surface area contributed by atoms with Crippen molar-refractivity contribution in [3.8, 4) is 0 Å². The summed E-state index contributed by atoms with van der Waals surface area (Å²) in [6.07, 6.45) is 5.07. The van der Waals surface area contributed by atoms with Gasteiger partial charge < -0.3 is 0 Å². The fourth-order valence-electron chi connectivity index (χ4n) is 2.63. The Balaban J connectivity index is 2.56. The van der Waals surface area contributed by atoms with Crippen molar-refractivity contribution in [3.05, 3.63) is 0 Å². The van der Waals surface area contributed by atoms with Crippen molar-refractivity contribution in [1.29, 1.82) is 0 Å². The Morgan fingerprint density at radius 2 is 1.87 bits per heavy atom. The van der Waals surface area contributed by atoms with Gasteiger partial charge in [-0.25, -0.2) is 0 Å². The van der Waals surface area contributed by atoms with Crippen molar-refractivity contribution in [2.24, 2.45) is 11.8 Å². The summed E-state index contributed by atoms with van der Waals surface area (Å²) in [7, 11) is 0. The molecular formula is C13H27NS. The zero-order valence-electron chi connectivity index (χ0n) is 11.0. The first-order valence-electron chi connectivity index (χ1n) is 6.31. The zero-order chi connectivity index (χ0) is 11.4. The van der Waals surface area contributed by atoms with E-state index in [2.05, 4.69) is 38.9 Å². The maximum Gasteiger partial charge on any atom is 0.0189 e. The van der Waals surface area contributed by atoms with Gasteiger partial charge in [0.25, 0.3) is 0 Å². The van der Waals surface area contributed by atoms with E-state index in [0.29, 0.717) is 6.04 Å². The average Bonchev–Trinajstić information content (AvgIpc) is 2.18. The highest BCUT2D eigenvalue weighted by molar-refractivity contribution is 7.98. The van der Waals surface area contributed by atoms with Crippen LogP contribution in [0.15, 0.2) is 0 Å². The lowest BCUT2D eigenvalue weighted by molar-refractivity contribution is 0.0714. The van der Waals surface area contributed by atoms with Crippen LogP contribution in [-0.2, 0) is 0 Å². The molecule has 1 nitrogen and oxygen atoms in total. The number of thioether (sulfide) groups is 1. The Morgan fingerprint density at radius 3 is 2.33 bits per heavy atom. The van der Waals surface area contributed by atoms with E-state index in [-0.39, 0.29) is 0 Å². The SMILES string of the molecule is CSCC1CCC(C(C)C)CN1C(C)C. The van der Waals surface area contributed by atoms with Crippen molar-refractivity contribution < 1.29 is 0 Å². The van der Waals surface area contributed by atoms with Gasteiger partial charge in [0.15, 0.2) is 0 Å². The van der Waals surface area contributed by atoms with Gasteiger partial charge in [-0.2, -0.15) is 11.8 Å². The molecule has 0 bridgehead atoms. The number of likely N-dealkylation sites (tertiary alicyclic amines) is 1. The van der Waals surface area contributed by atoms with E-state index in [1.165, 1.54) is 25.1 Å². The third kappa shape index (κ3) is 3.67. The van der Waals surface area contributed by atoms with E-state index in [0.717, 1.165) is 17.9 Å². The molecule has 1 aliphatic heterocycles. The van der Waals surface area contributed by atoms with Crippen LogP contribution in [0.5, 0.6) is 0 Å². The van der Waals surface area contributed by atoms with Crippen LogP contribution in [-0.4, -0.2) is 35.5 Å². The molecule has 0 amide bonds. The summed E-state index contributed by atoms with van der Waals surface area (Å²) < 4.78 is 0. The summed E-state index contributed by atoms with van der Waals surface area (Å²) in [5, 5.41) is 0. The van der Waals surface area contributed by atoms with E-state index in [4.69, 9.17) is 0 Å². The van der Waals surface area contributed by atoms with Crippen LogP contribution in [0.2, 0.25) is 0 Å². The molecule has 0 aromatic heterocycles. The lowest BCUT2D eigenvalue weighted by atomic mass is 9.85. The van der Waals surface area contributed by atoms with Crippen LogP contribution >= 0.6 is 11.8 Å². The molecule has 1 fully saturated rings. The number of nitrogens with zero attached hydrogens (tertiary/aromatic N) is 1. The highest BCUT2D eigenvalue weighted by Gasteiger charge is 2.30. The Kier molecular flexibility index (Phi) is 5.48. The number of rotatable bonds is 4. The molecule has 1 heterocycles. The van der Waals surface area contributed by atoms with Gasteiger partial charge in [0.1, 0.15) is 0 Å². The lowest BCUT2D eigenvalue weighted by Crippen LogP contribution is -2.49. The van der Waals surface area contributed by atoms with Crippen LogP contribution < -0.4 is 0 Å². The normalized spacial score (nSPS) is 29.0. The van der Waals surface area contributed by atoms with Crippen LogP contribution in [0, 0.1) is 11.8 Å². The summed E-state index contributed by atoms with van der Waals surface area (Å²) in [4.78, 5) is 2.73. The van der Waals surface area contributed by atoms with Gasteiger partial charge in [-0.1, -0.05) is 13.8 Å². The molecule has 0 aliphatic carbocycles. The van der Waals surface area contributed by atoms with Crippen LogP contribution in [0.4, 0.5) is 0 Å². The van der Waals surface area contributed by atoms with Gasteiger partial charge in [-0.3, -0.25) is 4.90 Å². The predicted molar refractivity (Wildman–Crippen MR) is 71.6 cm³/mol. The molecule has 90 valence electrons. The molecule has 0 aromatic rings. The minimum absolute atomic E-state index is 0.712. The van der Waals surface area contributed by atoms with Crippen LogP contribution in [0.25, 0.3) is 0 Å². The second kappa shape index (κ2) is 6.15. The van der Waals surface area contributed by atoms with Crippen molar-refractivity contribution >= 4 is 11.8 Å². The lowest BCUT2D eigenvalue weighted by Gasteiger charge is -2.43. The van der Waals surface area contributed by atoms with Crippen LogP contribution in [0.3, 0.4) is 0 Å². The highest BCUT2D eigenvalue weighted by atomic mass is 32.2. The summed E-state index contributed by atoms with van der Waals surface area (Å²) in [6, 6.07) is 1.54. The maximum atomic E-state index is 2.73. The summed E-state index contributed by atoms with van der Waals surface area (Å²) >= 11 is 2.00. The van der Waals surface area contributed by atoms with Gasteiger partial charge in [0.2, 0.25) is 0 Å². The minimum atomic E-state index is 0.712. The molecular weight excluding hydrogens is 202 g/mol. The molecule has 1 rings (SSSR count).